The van der Waals surface area contributed by atoms with Gasteiger partial charge < -0.3 is 4.98 Å². The number of fused-ring (bicyclic) bond motifs is 1. The lowest BCUT2D eigenvalue weighted by Crippen LogP contribution is -2.11. The number of thiophene rings is 2. The Bertz CT molecular complexity index is 743. The van der Waals surface area contributed by atoms with E-state index in [2.05, 4.69) is 9.97 Å². The highest BCUT2D eigenvalue weighted by Crippen LogP contribution is 2.33. The Morgan fingerprint density at radius 2 is 2.28 bits per heavy atom. The second kappa shape index (κ2) is 4.50. The maximum absolute atomic E-state index is 12.1. The van der Waals surface area contributed by atoms with Crippen LogP contribution in [0.2, 0.25) is 0 Å². The molecule has 1 atom stereocenters. The predicted octanol–water partition coefficient (Wildman–Crippen LogP) is 4.01. The Kier molecular flexibility index (Phi) is 2.97. The van der Waals surface area contributed by atoms with Gasteiger partial charge in [-0.05, 0) is 18.4 Å². The van der Waals surface area contributed by atoms with Gasteiger partial charge in [0.15, 0.2) is 0 Å². The molecule has 3 aromatic rings. The molecule has 0 aliphatic rings. The van der Waals surface area contributed by atoms with Gasteiger partial charge in [0, 0.05) is 15.8 Å². The Balaban J connectivity index is 2.30. The van der Waals surface area contributed by atoms with Crippen molar-refractivity contribution in [3.63, 3.8) is 0 Å². The standard InChI is InChI=1S/C12H9ClN2OS2/c1-6(13)10-14-11(16)9-7(5-18-12(9)15-10)8-3-2-4-17-8/h2-6H,1H3,(H,14,15,16)/t6-/m0/s1. The summed E-state index contributed by atoms with van der Waals surface area (Å²) in [5, 5.41) is 4.33. The van der Waals surface area contributed by atoms with Crippen molar-refractivity contribution >= 4 is 44.5 Å². The average molecular weight is 297 g/mol. The number of H-pyrrole nitrogens is 1. The normalized spacial score (nSPS) is 13.0. The van der Waals surface area contributed by atoms with Crippen LogP contribution in [0.4, 0.5) is 0 Å². The molecule has 3 nitrogen and oxygen atoms in total. The number of halogens is 1. The van der Waals surface area contributed by atoms with Crippen LogP contribution in [0, 0.1) is 0 Å². The van der Waals surface area contributed by atoms with E-state index in [1.807, 2.05) is 22.9 Å². The quantitative estimate of drug-likeness (QED) is 0.726. The van der Waals surface area contributed by atoms with Crippen LogP contribution in [0.3, 0.4) is 0 Å². The molecular formula is C12H9ClN2OS2. The zero-order valence-electron chi connectivity index (χ0n) is 9.44. The second-order valence-electron chi connectivity index (χ2n) is 3.87. The van der Waals surface area contributed by atoms with Crippen LogP contribution in [0.5, 0.6) is 0 Å². The third-order valence-electron chi connectivity index (χ3n) is 2.63. The van der Waals surface area contributed by atoms with Crippen molar-refractivity contribution in [3.05, 3.63) is 39.1 Å². The van der Waals surface area contributed by atoms with E-state index in [0.717, 1.165) is 15.3 Å². The number of alkyl halides is 1. The van der Waals surface area contributed by atoms with Crippen LogP contribution in [0.1, 0.15) is 18.1 Å². The minimum absolute atomic E-state index is 0.118. The van der Waals surface area contributed by atoms with Crippen molar-refractivity contribution in [3.8, 4) is 10.4 Å². The van der Waals surface area contributed by atoms with Crippen LogP contribution < -0.4 is 5.56 Å². The van der Waals surface area contributed by atoms with Crippen molar-refractivity contribution in [2.24, 2.45) is 0 Å². The number of nitrogens with zero attached hydrogens (tertiary/aromatic N) is 1. The summed E-state index contributed by atoms with van der Waals surface area (Å²) >= 11 is 9.05. The van der Waals surface area contributed by atoms with Gasteiger partial charge in [0.25, 0.3) is 5.56 Å². The molecule has 0 fully saturated rings. The minimum atomic E-state index is -0.297. The lowest BCUT2D eigenvalue weighted by molar-refractivity contribution is 0.917. The van der Waals surface area contributed by atoms with Crippen molar-refractivity contribution in [2.75, 3.05) is 0 Å². The lowest BCUT2D eigenvalue weighted by Gasteiger charge is -2.02. The molecule has 3 aromatic heterocycles. The van der Waals surface area contributed by atoms with Gasteiger partial charge in [-0.25, -0.2) is 4.98 Å². The van der Waals surface area contributed by atoms with Crippen LogP contribution in [0.25, 0.3) is 20.7 Å². The van der Waals surface area contributed by atoms with E-state index in [1.54, 1.807) is 18.3 Å². The van der Waals surface area contributed by atoms with Gasteiger partial charge in [-0.15, -0.1) is 34.3 Å². The van der Waals surface area contributed by atoms with E-state index < -0.39 is 0 Å². The molecule has 0 bridgehead atoms. The fourth-order valence-corrected chi connectivity index (χ4v) is 3.64. The van der Waals surface area contributed by atoms with E-state index in [4.69, 9.17) is 11.6 Å². The zero-order valence-corrected chi connectivity index (χ0v) is 11.8. The molecule has 92 valence electrons. The first-order valence-corrected chi connectivity index (χ1v) is 7.55. The third kappa shape index (κ3) is 1.88. The van der Waals surface area contributed by atoms with Crippen LogP contribution in [-0.2, 0) is 0 Å². The molecule has 0 saturated carbocycles. The highest BCUT2D eigenvalue weighted by molar-refractivity contribution is 7.18. The molecule has 0 saturated heterocycles. The summed E-state index contributed by atoms with van der Waals surface area (Å²) in [5.74, 6) is 0.522. The zero-order chi connectivity index (χ0) is 12.7. The molecular weight excluding hydrogens is 288 g/mol. The molecule has 3 heterocycles. The summed E-state index contributed by atoms with van der Waals surface area (Å²) in [4.78, 5) is 21.1. The van der Waals surface area contributed by atoms with Gasteiger partial charge >= 0.3 is 0 Å². The molecule has 0 unspecified atom stereocenters. The summed E-state index contributed by atoms with van der Waals surface area (Å²) in [7, 11) is 0. The predicted molar refractivity (Wildman–Crippen MR) is 77.8 cm³/mol. The maximum atomic E-state index is 12.1. The molecule has 0 aliphatic carbocycles. The van der Waals surface area contributed by atoms with Gasteiger partial charge in [-0.2, -0.15) is 0 Å². The van der Waals surface area contributed by atoms with Gasteiger partial charge in [0.2, 0.25) is 0 Å². The highest BCUT2D eigenvalue weighted by atomic mass is 35.5. The van der Waals surface area contributed by atoms with Crippen molar-refractivity contribution < 1.29 is 0 Å². The number of rotatable bonds is 2. The Morgan fingerprint density at radius 1 is 1.44 bits per heavy atom. The van der Waals surface area contributed by atoms with Crippen molar-refractivity contribution in [2.45, 2.75) is 12.3 Å². The number of hydrogen-bond donors (Lipinski definition) is 1. The molecule has 3 rings (SSSR count). The van der Waals surface area contributed by atoms with Crippen molar-refractivity contribution in [1.29, 1.82) is 0 Å². The topological polar surface area (TPSA) is 45.8 Å². The smallest absolute Gasteiger partial charge is 0.260 e. The highest BCUT2D eigenvalue weighted by Gasteiger charge is 2.14. The molecule has 0 amide bonds. The fraction of sp³-hybridized carbons (Fsp3) is 0.167. The van der Waals surface area contributed by atoms with E-state index in [9.17, 15) is 4.79 Å². The molecule has 0 radical (unpaired) electrons. The number of hydrogen-bond acceptors (Lipinski definition) is 4. The summed E-state index contributed by atoms with van der Waals surface area (Å²) < 4.78 is 0. The van der Waals surface area contributed by atoms with E-state index >= 15 is 0 Å². The molecule has 0 aromatic carbocycles. The summed E-state index contributed by atoms with van der Waals surface area (Å²) in [6, 6.07) is 3.98. The minimum Gasteiger partial charge on any atom is -0.309 e. The number of aromatic amines is 1. The maximum Gasteiger partial charge on any atom is 0.260 e. The first-order valence-electron chi connectivity index (χ1n) is 5.36. The molecule has 0 spiro atoms. The molecule has 0 aliphatic heterocycles. The van der Waals surface area contributed by atoms with Gasteiger partial charge in [-0.3, -0.25) is 4.79 Å². The Labute approximate surface area is 116 Å². The summed E-state index contributed by atoms with van der Waals surface area (Å²) in [6.45, 7) is 1.79. The van der Waals surface area contributed by atoms with E-state index in [-0.39, 0.29) is 10.9 Å². The fourth-order valence-electron chi connectivity index (χ4n) is 1.77. The first-order chi connectivity index (χ1) is 8.66. The molecule has 1 N–H and O–H groups in total. The van der Waals surface area contributed by atoms with E-state index in [0.29, 0.717) is 11.2 Å². The summed E-state index contributed by atoms with van der Waals surface area (Å²) in [6.07, 6.45) is 0. The molecule has 18 heavy (non-hydrogen) atoms. The monoisotopic (exact) mass is 296 g/mol. The van der Waals surface area contributed by atoms with E-state index in [1.165, 1.54) is 11.3 Å². The van der Waals surface area contributed by atoms with Gasteiger partial charge in [-0.1, -0.05) is 6.07 Å². The van der Waals surface area contributed by atoms with Gasteiger partial charge in [0.05, 0.1) is 10.8 Å². The number of nitrogens with one attached hydrogen (secondary N) is 1. The largest absolute Gasteiger partial charge is 0.309 e. The first kappa shape index (κ1) is 11.9. The summed E-state index contributed by atoms with van der Waals surface area (Å²) in [5.41, 5.74) is 0.833. The second-order valence-corrected chi connectivity index (χ2v) is 6.33. The van der Waals surface area contributed by atoms with Crippen molar-refractivity contribution in [1.82, 2.24) is 9.97 Å². The van der Waals surface area contributed by atoms with Crippen LogP contribution in [0.15, 0.2) is 27.7 Å². The lowest BCUT2D eigenvalue weighted by atomic mass is 10.2. The molecule has 6 heteroatoms. The Hall–Kier alpha value is -1.17. The van der Waals surface area contributed by atoms with Gasteiger partial charge in [0.1, 0.15) is 10.7 Å². The number of aromatic nitrogens is 2. The van der Waals surface area contributed by atoms with Crippen LogP contribution in [-0.4, -0.2) is 9.97 Å². The average Bonchev–Trinajstić information content (AvgIpc) is 2.96. The Morgan fingerprint density at radius 3 is 2.94 bits per heavy atom. The SMILES string of the molecule is C[C@H](Cl)c1nc2scc(-c3cccs3)c2c(=O)[nH]1. The third-order valence-corrected chi connectivity index (χ3v) is 4.61. The van der Waals surface area contributed by atoms with Crippen LogP contribution >= 0.6 is 34.3 Å².